The van der Waals surface area contributed by atoms with Gasteiger partial charge in [0.2, 0.25) is 10.0 Å². The molecule has 1 saturated carbocycles. The summed E-state index contributed by atoms with van der Waals surface area (Å²) in [5.41, 5.74) is 0. The van der Waals surface area contributed by atoms with Gasteiger partial charge in [-0.15, -0.1) is 0 Å². The van der Waals surface area contributed by atoms with Crippen molar-refractivity contribution in [1.82, 2.24) is 9.29 Å². The van der Waals surface area contributed by atoms with Gasteiger partial charge < -0.3 is 4.74 Å². The molecular weight excluding hydrogens is 288 g/mol. The van der Waals surface area contributed by atoms with Crippen LogP contribution in [0.5, 0.6) is 0 Å². The lowest BCUT2D eigenvalue weighted by atomic mass is 10.5. The number of nitrogens with zero attached hydrogens (tertiary/aromatic N) is 2. The van der Waals surface area contributed by atoms with Crippen LogP contribution in [0.1, 0.15) is 12.8 Å². The monoisotopic (exact) mass is 304 g/mol. The highest BCUT2D eigenvalue weighted by Gasteiger charge is 2.23. The number of ether oxygens (including phenoxy) is 1. The minimum Gasteiger partial charge on any atom is -0.380 e. The van der Waals surface area contributed by atoms with Crippen LogP contribution in [0.4, 0.5) is 0 Å². The SMILES string of the molecule is CN(CCOCC1CC1)S(=O)(=O)c1ccc(Cl)nc1. The van der Waals surface area contributed by atoms with Gasteiger partial charge in [0.05, 0.1) is 6.61 Å². The van der Waals surface area contributed by atoms with Crippen molar-refractivity contribution in [2.24, 2.45) is 5.92 Å². The van der Waals surface area contributed by atoms with E-state index in [2.05, 4.69) is 4.98 Å². The first-order valence-corrected chi connectivity index (χ1v) is 7.97. The number of halogens is 1. The number of rotatable bonds is 7. The Morgan fingerprint density at radius 3 is 2.79 bits per heavy atom. The van der Waals surface area contributed by atoms with Crippen LogP contribution in [-0.2, 0) is 14.8 Å². The molecule has 1 aliphatic carbocycles. The minimum atomic E-state index is -3.51. The Balaban J connectivity index is 1.88. The van der Waals surface area contributed by atoms with Crippen LogP contribution in [0.15, 0.2) is 23.2 Å². The number of likely N-dealkylation sites (N-methyl/N-ethyl adjacent to an activating group) is 1. The van der Waals surface area contributed by atoms with Crippen LogP contribution in [0, 0.1) is 5.92 Å². The van der Waals surface area contributed by atoms with Gasteiger partial charge in [0.15, 0.2) is 0 Å². The van der Waals surface area contributed by atoms with E-state index in [9.17, 15) is 8.42 Å². The molecule has 0 saturated heterocycles. The Hall–Kier alpha value is -0.690. The molecule has 2 rings (SSSR count). The molecule has 0 radical (unpaired) electrons. The number of aromatic nitrogens is 1. The Bertz CT molecular complexity index is 514. The largest absolute Gasteiger partial charge is 0.380 e. The molecule has 7 heteroatoms. The number of hydrogen-bond acceptors (Lipinski definition) is 4. The second-order valence-electron chi connectivity index (χ2n) is 4.66. The molecule has 1 aliphatic rings. The lowest BCUT2D eigenvalue weighted by molar-refractivity contribution is 0.117. The maximum absolute atomic E-state index is 12.2. The van der Waals surface area contributed by atoms with E-state index in [1.807, 2.05) is 0 Å². The van der Waals surface area contributed by atoms with Crippen molar-refractivity contribution in [3.63, 3.8) is 0 Å². The van der Waals surface area contributed by atoms with Crippen LogP contribution in [0.25, 0.3) is 0 Å². The van der Waals surface area contributed by atoms with Gasteiger partial charge in [0.25, 0.3) is 0 Å². The highest BCUT2D eigenvalue weighted by molar-refractivity contribution is 7.89. The molecule has 1 aromatic rings. The highest BCUT2D eigenvalue weighted by Crippen LogP contribution is 2.28. The third-order valence-corrected chi connectivity index (χ3v) is 5.07. The summed E-state index contributed by atoms with van der Waals surface area (Å²) in [7, 11) is -1.98. The summed E-state index contributed by atoms with van der Waals surface area (Å²) in [6.07, 6.45) is 3.72. The fraction of sp³-hybridized carbons (Fsp3) is 0.583. The van der Waals surface area contributed by atoms with Crippen LogP contribution in [-0.4, -0.2) is 44.5 Å². The van der Waals surface area contributed by atoms with Gasteiger partial charge >= 0.3 is 0 Å². The molecule has 0 aliphatic heterocycles. The van der Waals surface area contributed by atoms with Gasteiger partial charge in [-0.3, -0.25) is 0 Å². The summed E-state index contributed by atoms with van der Waals surface area (Å²) >= 11 is 5.64. The molecule has 0 spiro atoms. The molecule has 0 bridgehead atoms. The van der Waals surface area contributed by atoms with E-state index in [1.165, 1.54) is 42.5 Å². The Morgan fingerprint density at radius 2 is 2.21 bits per heavy atom. The average Bonchev–Trinajstić information content (AvgIpc) is 3.19. The summed E-state index contributed by atoms with van der Waals surface area (Å²) in [6, 6.07) is 2.91. The number of pyridine rings is 1. The first kappa shape index (κ1) is 14.7. The van der Waals surface area contributed by atoms with E-state index in [0.29, 0.717) is 19.1 Å². The molecule has 19 heavy (non-hydrogen) atoms. The van der Waals surface area contributed by atoms with Crippen molar-refractivity contribution in [2.45, 2.75) is 17.7 Å². The van der Waals surface area contributed by atoms with Gasteiger partial charge in [0, 0.05) is 26.4 Å². The van der Waals surface area contributed by atoms with Crippen molar-refractivity contribution < 1.29 is 13.2 Å². The van der Waals surface area contributed by atoms with Crippen LogP contribution >= 0.6 is 11.6 Å². The smallest absolute Gasteiger partial charge is 0.244 e. The van der Waals surface area contributed by atoms with Crippen molar-refractivity contribution in [2.75, 3.05) is 26.8 Å². The summed E-state index contributed by atoms with van der Waals surface area (Å²) in [6.45, 7) is 1.47. The molecule has 0 atom stereocenters. The van der Waals surface area contributed by atoms with Gasteiger partial charge in [-0.1, -0.05) is 11.6 Å². The Labute approximate surface area is 118 Å². The minimum absolute atomic E-state index is 0.140. The average molecular weight is 305 g/mol. The molecule has 0 N–H and O–H groups in total. The van der Waals surface area contributed by atoms with E-state index in [1.54, 1.807) is 0 Å². The van der Waals surface area contributed by atoms with Crippen LogP contribution in [0.2, 0.25) is 5.15 Å². The zero-order valence-electron chi connectivity index (χ0n) is 10.8. The predicted molar refractivity (Wildman–Crippen MR) is 72.6 cm³/mol. The van der Waals surface area contributed by atoms with Crippen LogP contribution < -0.4 is 0 Å². The Morgan fingerprint density at radius 1 is 1.47 bits per heavy atom. The first-order chi connectivity index (χ1) is 9.00. The summed E-state index contributed by atoms with van der Waals surface area (Å²) < 4.78 is 31.0. The summed E-state index contributed by atoms with van der Waals surface area (Å²) in [5.74, 6) is 0.683. The lowest BCUT2D eigenvalue weighted by Gasteiger charge is -2.16. The quantitative estimate of drug-likeness (QED) is 0.569. The third-order valence-electron chi connectivity index (χ3n) is 3.01. The topological polar surface area (TPSA) is 59.5 Å². The fourth-order valence-electron chi connectivity index (χ4n) is 1.54. The predicted octanol–water partition coefficient (Wildman–Crippen LogP) is 1.78. The fourth-order valence-corrected chi connectivity index (χ4v) is 2.76. The summed E-state index contributed by atoms with van der Waals surface area (Å²) in [5, 5.41) is 0.273. The molecule has 5 nitrogen and oxygen atoms in total. The number of hydrogen-bond donors (Lipinski definition) is 0. The first-order valence-electron chi connectivity index (χ1n) is 6.16. The van der Waals surface area contributed by atoms with Crippen LogP contribution in [0.3, 0.4) is 0 Å². The van der Waals surface area contributed by atoms with E-state index in [4.69, 9.17) is 16.3 Å². The zero-order valence-corrected chi connectivity index (χ0v) is 12.3. The highest BCUT2D eigenvalue weighted by atomic mass is 35.5. The molecule has 0 aromatic carbocycles. The molecular formula is C12H17ClN2O3S. The second-order valence-corrected chi connectivity index (χ2v) is 7.09. The van der Waals surface area contributed by atoms with E-state index in [0.717, 1.165) is 6.61 Å². The maximum Gasteiger partial charge on any atom is 0.244 e. The summed E-state index contributed by atoms with van der Waals surface area (Å²) in [4.78, 5) is 3.92. The van der Waals surface area contributed by atoms with Gasteiger partial charge in [-0.25, -0.2) is 13.4 Å². The van der Waals surface area contributed by atoms with E-state index >= 15 is 0 Å². The van der Waals surface area contributed by atoms with Crippen molar-refractivity contribution in [3.8, 4) is 0 Å². The molecule has 1 aromatic heterocycles. The third kappa shape index (κ3) is 4.14. The van der Waals surface area contributed by atoms with Crippen molar-refractivity contribution in [3.05, 3.63) is 23.5 Å². The van der Waals surface area contributed by atoms with Gasteiger partial charge in [-0.05, 0) is 30.9 Å². The Kier molecular flexibility index (Phi) is 4.78. The molecule has 0 amide bonds. The normalized spacial score (nSPS) is 15.9. The number of sulfonamides is 1. The molecule has 106 valence electrons. The standard InChI is InChI=1S/C12H17ClN2O3S/c1-15(6-7-18-9-10-2-3-10)19(16,17)11-4-5-12(13)14-8-11/h4-5,8,10H,2-3,6-7,9H2,1H3. The van der Waals surface area contributed by atoms with E-state index in [-0.39, 0.29) is 10.0 Å². The second kappa shape index (κ2) is 6.17. The van der Waals surface area contributed by atoms with E-state index < -0.39 is 10.0 Å². The van der Waals surface area contributed by atoms with Crippen molar-refractivity contribution in [1.29, 1.82) is 0 Å². The lowest BCUT2D eigenvalue weighted by Crippen LogP contribution is -2.30. The van der Waals surface area contributed by atoms with Gasteiger partial charge in [0.1, 0.15) is 10.0 Å². The molecule has 1 fully saturated rings. The maximum atomic E-state index is 12.2. The molecule has 1 heterocycles. The van der Waals surface area contributed by atoms with Crippen molar-refractivity contribution >= 4 is 21.6 Å². The zero-order chi connectivity index (χ0) is 13.9. The molecule has 0 unspecified atom stereocenters. The van der Waals surface area contributed by atoms with Gasteiger partial charge in [-0.2, -0.15) is 4.31 Å².